The van der Waals surface area contributed by atoms with Crippen molar-refractivity contribution in [2.45, 2.75) is 104 Å². The van der Waals surface area contributed by atoms with Crippen LogP contribution in [0.5, 0.6) is 0 Å². The van der Waals surface area contributed by atoms with E-state index in [1.807, 2.05) is 0 Å². The van der Waals surface area contributed by atoms with E-state index >= 15 is 0 Å². The molecule has 0 rings (SSSR count). The normalized spacial score (nSPS) is 10.7. The fraction of sp³-hybridized carbons (Fsp3) is 0.895. The van der Waals surface area contributed by atoms with E-state index in [0.717, 1.165) is 12.8 Å². The Labute approximate surface area is 137 Å². The number of hydrogen-bond acceptors (Lipinski definition) is 2. The van der Waals surface area contributed by atoms with Gasteiger partial charge in [-0.3, -0.25) is 14.5 Å². The van der Waals surface area contributed by atoms with Crippen molar-refractivity contribution in [2.75, 3.05) is 7.05 Å². The molecule has 3 heteroatoms. The average Bonchev–Trinajstić information content (AvgIpc) is 2.50. The minimum Gasteiger partial charge on any atom is -0.286 e. The van der Waals surface area contributed by atoms with Gasteiger partial charge in [-0.1, -0.05) is 84.0 Å². The second kappa shape index (κ2) is 15.1. The number of imide groups is 1. The lowest BCUT2D eigenvalue weighted by molar-refractivity contribution is -0.141. The monoisotopic (exact) mass is 311 g/mol. The minimum atomic E-state index is -0.167. The summed E-state index contributed by atoms with van der Waals surface area (Å²) in [4.78, 5) is 23.8. The molecule has 0 aromatic rings. The lowest BCUT2D eigenvalue weighted by atomic mass is 10.0. The van der Waals surface area contributed by atoms with Crippen molar-refractivity contribution in [1.82, 2.24) is 4.90 Å². The number of carbonyl (C=O) groups excluding carboxylic acids is 2. The van der Waals surface area contributed by atoms with Gasteiger partial charge in [0.05, 0.1) is 0 Å². The van der Waals surface area contributed by atoms with E-state index in [1.165, 1.54) is 82.5 Å². The molecule has 0 aliphatic rings. The smallest absolute Gasteiger partial charge is 0.228 e. The van der Waals surface area contributed by atoms with Gasteiger partial charge in [0.2, 0.25) is 11.8 Å². The molecule has 0 bridgehead atoms. The third-order valence-corrected chi connectivity index (χ3v) is 4.34. The zero-order valence-electron chi connectivity index (χ0n) is 15.2. The molecule has 0 N–H and O–H groups in total. The van der Waals surface area contributed by atoms with E-state index in [-0.39, 0.29) is 11.8 Å². The molecule has 0 heterocycles. The Morgan fingerprint density at radius 3 is 1.41 bits per heavy atom. The SMILES string of the molecule is CCCCCCCCCCCCCCCC(=O)N(C)C(C)=O. The lowest BCUT2D eigenvalue weighted by Gasteiger charge is -2.12. The zero-order valence-corrected chi connectivity index (χ0v) is 15.2. The second-order valence-corrected chi connectivity index (χ2v) is 6.46. The van der Waals surface area contributed by atoms with Crippen LogP contribution in [0.2, 0.25) is 0 Å². The van der Waals surface area contributed by atoms with Gasteiger partial charge in [0, 0.05) is 20.4 Å². The number of rotatable bonds is 14. The summed E-state index contributed by atoms with van der Waals surface area (Å²) in [5.74, 6) is -0.213. The highest BCUT2D eigenvalue weighted by atomic mass is 16.2. The average molecular weight is 312 g/mol. The highest BCUT2D eigenvalue weighted by Crippen LogP contribution is 2.13. The standard InChI is InChI=1S/C19H37NO2/c1-4-5-6-7-8-9-10-11-12-13-14-15-16-17-19(22)20(3)18(2)21/h4-17H2,1-3H3. The van der Waals surface area contributed by atoms with Crippen LogP contribution in [0.15, 0.2) is 0 Å². The Kier molecular flexibility index (Phi) is 14.5. The molecule has 0 atom stereocenters. The van der Waals surface area contributed by atoms with Crippen LogP contribution in [0.3, 0.4) is 0 Å². The molecule has 2 amide bonds. The third-order valence-electron chi connectivity index (χ3n) is 4.34. The first-order chi connectivity index (χ1) is 10.6. The maximum atomic E-state index is 11.6. The van der Waals surface area contributed by atoms with Crippen molar-refractivity contribution >= 4 is 11.8 Å². The lowest BCUT2D eigenvalue weighted by Crippen LogP contribution is -2.30. The first-order valence-electron chi connectivity index (χ1n) is 9.36. The van der Waals surface area contributed by atoms with E-state index in [0.29, 0.717) is 6.42 Å². The number of nitrogens with zero attached hydrogens (tertiary/aromatic N) is 1. The summed E-state index contributed by atoms with van der Waals surface area (Å²) in [6.45, 7) is 3.69. The fourth-order valence-electron chi connectivity index (χ4n) is 2.64. The molecule has 0 fully saturated rings. The molecule has 0 unspecified atom stereocenters. The topological polar surface area (TPSA) is 37.4 Å². The van der Waals surface area contributed by atoms with Gasteiger partial charge in [0.1, 0.15) is 0 Å². The van der Waals surface area contributed by atoms with Crippen LogP contribution >= 0.6 is 0 Å². The Morgan fingerprint density at radius 2 is 1.05 bits per heavy atom. The van der Waals surface area contributed by atoms with Gasteiger partial charge in [-0.25, -0.2) is 0 Å². The van der Waals surface area contributed by atoms with Crippen molar-refractivity contribution in [1.29, 1.82) is 0 Å². The molecule has 22 heavy (non-hydrogen) atoms. The molecule has 0 saturated heterocycles. The van der Waals surface area contributed by atoms with Crippen molar-refractivity contribution in [2.24, 2.45) is 0 Å². The maximum absolute atomic E-state index is 11.6. The molecule has 130 valence electrons. The molecule has 0 aromatic heterocycles. The van der Waals surface area contributed by atoms with Crippen LogP contribution in [0.4, 0.5) is 0 Å². The summed E-state index contributed by atoms with van der Waals surface area (Å²) in [5, 5.41) is 0. The summed E-state index contributed by atoms with van der Waals surface area (Å²) in [6, 6.07) is 0. The molecule has 0 spiro atoms. The minimum absolute atomic E-state index is 0.0458. The van der Waals surface area contributed by atoms with Crippen LogP contribution in [0, 0.1) is 0 Å². The Bertz CT molecular complexity index is 289. The zero-order chi connectivity index (χ0) is 16.6. The van der Waals surface area contributed by atoms with Gasteiger partial charge in [0.25, 0.3) is 0 Å². The van der Waals surface area contributed by atoms with E-state index in [1.54, 1.807) is 7.05 Å². The van der Waals surface area contributed by atoms with Crippen molar-refractivity contribution in [3.05, 3.63) is 0 Å². The van der Waals surface area contributed by atoms with E-state index in [4.69, 9.17) is 0 Å². The van der Waals surface area contributed by atoms with Crippen LogP contribution in [-0.2, 0) is 9.59 Å². The number of unbranched alkanes of at least 4 members (excludes halogenated alkanes) is 12. The van der Waals surface area contributed by atoms with E-state index < -0.39 is 0 Å². The summed E-state index contributed by atoms with van der Waals surface area (Å²) in [7, 11) is 1.56. The first-order valence-corrected chi connectivity index (χ1v) is 9.36. The van der Waals surface area contributed by atoms with E-state index in [9.17, 15) is 9.59 Å². The quantitative estimate of drug-likeness (QED) is 0.399. The van der Waals surface area contributed by atoms with Gasteiger partial charge in [-0.15, -0.1) is 0 Å². The first kappa shape index (κ1) is 21.1. The summed E-state index contributed by atoms with van der Waals surface area (Å²) >= 11 is 0. The highest BCUT2D eigenvalue weighted by Gasteiger charge is 2.11. The molecule has 0 aliphatic heterocycles. The maximum Gasteiger partial charge on any atom is 0.228 e. The van der Waals surface area contributed by atoms with Gasteiger partial charge in [0.15, 0.2) is 0 Å². The predicted molar refractivity (Wildman–Crippen MR) is 93.8 cm³/mol. The Morgan fingerprint density at radius 1 is 0.682 bits per heavy atom. The summed E-state index contributed by atoms with van der Waals surface area (Å²) < 4.78 is 0. The van der Waals surface area contributed by atoms with Crippen LogP contribution in [-0.4, -0.2) is 23.8 Å². The molecular weight excluding hydrogens is 274 g/mol. The third kappa shape index (κ3) is 12.8. The van der Waals surface area contributed by atoms with Gasteiger partial charge < -0.3 is 0 Å². The van der Waals surface area contributed by atoms with Crippen molar-refractivity contribution < 1.29 is 9.59 Å². The number of hydrogen-bond donors (Lipinski definition) is 0. The molecular formula is C19H37NO2. The predicted octanol–water partition coefficient (Wildman–Crippen LogP) is 5.47. The molecule has 0 radical (unpaired) electrons. The molecule has 0 saturated carbocycles. The van der Waals surface area contributed by atoms with Crippen LogP contribution in [0.1, 0.15) is 104 Å². The number of amides is 2. The number of carbonyl (C=O) groups is 2. The Hall–Kier alpha value is -0.860. The van der Waals surface area contributed by atoms with Crippen LogP contribution in [0.25, 0.3) is 0 Å². The van der Waals surface area contributed by atoms with Gasteiger partial charge >= 0.3 is 0 Å². The largest absolute Gasteiger partial charge is 0.286 e. The van der Waals surface area contributed by atoms with Crippen molar-refractivity contribution in [3.63, 3.8) is 0 Å². The molecule has 0 aliphatic carbocycles. The van der Waals surface area contributed by atoms with Crippen LogP contribution < -0.4 is 0 Å². The van der Waals surface area contributed by atoms with Gasteiger partial charge in [-0.2, -0.15) is 0 Å². The summed E-state index contributed by atoms with van der Waals surface area (Å²) in [5.41, 5.74) is 0. The highest BCUT2D eigenvalue weighted by molar-refractivity contribution is 5.93. The second-order valence-electron chi connectivity index (χ2n) is 6.46. The summed E-state index contributed by atoms with van der Waals surface area (Å²) in [6.07, 6.45) is 17.5. The molecule has 0 aromatic carbocycles. The fourth-order valence-corrected chi connectivity index (χ4v) is 2.64. The molecule has 3 nitrogen and oxygen atoms in total. The van der Waals surface area contributed by atoms with Gasteiger partial charge in [-0.05, 0) is 6.42 Å². The van der Waals surface area contributed by atoms with E-state index in [2.05, 4.69) is 6.92 Å². The van der Waals surface area contributed by atoms with Crippen molar-refractivity contribution in [3.8, 4) is 0 Å². The Balaban J connectivity index is 3.21.